The van der Waals surface area contributed by atoms with Crippen molar-refractivity contribution in [1.82, 2.24) is 0 Å². The van der Waals surface area contributed by atoms with Gasteiger partial charge in [-0.25, -0.2) is 4.57 Å². The fraction of sp³-hybridized carbons (Fsp3) is 1.00. The first kappa shape index (κ1) is 25.7. The molecular formula is C16H35NdO4P. The van der Waals surface area contributed by atoms with Gasteiger partial charge in [-0.3, -0.25) is 9.05 Å². The van der Waals surface area contributed by atoms with Gasteiger partial charge < -0.3 is 4.89 Å². The third-order valence-electron chi connectivity index (χ3n) is 3.50. The molecule has 0 aliphatic heterocycles. The number of hydrogen-bond donors (Lipinski definition) is 1. The fourth-order valence-corrected chi connectivity index (χ4v) is 2.96. The van der Waals surface area contributed by atoms with Crippen LogP contribution in [0.25, 0.3) is 0 Å². The molecule has 132 valence electrons. The standard InChI is InChI=1S/C16H35O4P.Nd/c1-3-5-7-9-11-13-15-19-21(17,18)20-16-14-12-10-8-6-4-2;/h3-16H2,1-2H3,(H,17,18);. The summed E-state index contributed by atoms with van der Waals surface area (Å²) in [7, 11) is -3.82. The molecule has 0 aromatic heterocycles. The molecule has 1 N–H and O–H groups in total. The van der Waals surface area contributed by atoms with Gasteiger partial charge in [-0.1, -0.05) is 78.1 Å². The maximum absolute atomic E-state index is 11.6. The van der Waals surface area contributed by atoms with Crippen LogP contribution >= 0.6 is 7.82 Å². The van der Waals surface area contributed by atoms with Crippen LogP contribution in [0.5, 0.6) is 0 Å². The Balaban J connectivity index is 0. The van der Waals surface area contributed by atoms with E-state index in [2.05, 4.69) is 13.8 Å². The first-order valence-corrected chi connectivity index (χ1v) is 10.2. The van der Waals surface area contributed by atoms with Crippen molar-refractivity contribution < 1.29 is 59.3 Å². The van der Waals surface area contributed by atoms with Crippen LogP contribution in [0.4, 0.5) is 0 Å². The molecule has 0 rings (SSSR count). The van der Waals surface area contributed by atoms with Gasteiger partial charge >= 0.3 is 7.82 Å². The average molecular weight is 467 g/mol. The van der Waals surface area contributed by atoms with Crippen LogP contribution in [0.2, 0.25) is 0 Å². The van der Waals surface area contributed by atoms with Crippen molar-refractivity contribution in [3.63, 3.8) is 0 Å². The quantitative estimate of drug-likeness (QED) is 0.229. The van der Waals surface area contributed by atoms with Gasteiger partial charge in [0.05, 0.1) is 13.2 Å². The van der Waals surface area contributed by atoms with E-state index < -0.39 is 7.82 Å². The number of phosphoric ester groups is 1. The summed E-state index contributed by atoms with van der Waals surface area (Å²) < 4.78 is 21.5. The molecule has 0 unspecified atom stereocenters. The Bertz CT molecular complexity index is 243. The summed E-state index contributed by atoms with van der Waals surface area (Å²) in [6.45, 7) is 5.01. The molecule has 0 saturated carbocycles. The summed E-state index contributed by atoms with van der Waals surface area (Å²) in [5, 5.41) is 0. The second-order valence-corrected chi connectivity index (χ2v) is 7.12. The van der Waals surface area contributed by atoms with E-state index in [0.29, 0.717) is 13.2 Å². The Hall–Kier alpha value is 1.46. The van der Waals surface area contributed by atoms with Gasteiger partial charge in [0.1, 0.15) is 0 Å². The number of hydrogen-bond acceptors (Lipinski definition) is 3. The second kappa shape index (κ2) is 18.8. The largest absolute Gasteiger partial charge is 0.472 e. The minimum absolute atomic E-state index is 0. The summed E-state index contributed by atoms with van der Waals surface area (Å²) in [5.74, 6) is 0. The molecular weight excluding hydrogens is 431 g/mol. The van der Waals surface area contributed by atoms with Gasteiger partial charge in [-0.15, -0.1) is 0 Å². The normalized spacial score (nSPS) is 11.4. The summed E-state index contributed by atoms with van der Waals surface area (Å²) in [6, 6.07) is 0. The van der Waals surface area contributed by atoms with Gasteiger partial charge in [-0.05, 0) is 12.8 Å². The van der Waals surface area contributed by atoms with Crippen LogP contribution in [-0.4, -0.2) is 18.1 Å². The van der Waals surface area contributed by atoms with Crippen molar-refractivity contribution in [2.75, 3.05) is 13.2 Å². The van der Waals surface area contributed by atoms with E-state index in [1.807, 2.05) is 0 Å². The molecule has 6 heteroatoms. The Labute approximate surface area is 170 Å². The first-order chi connectivity index (χ1) is 10.1. The van der Waals surface area contributed by atoms with E-state index >= 15 is 0 Å². The van der Waals surface area contributed by atoms with Crippen LogP contribution in [0.1, 0.15) is 90.9 Å². The molecule has 0 radical (unpaired) electrons. The fourth-order valence-electron chi connectivity index (χ4n) is 2.16. The molecule has 0 atom stereocenters. The summed E-state index contributed by atoms with van der Waals surface area (Å²) in [4.78, 5) is 9.51. The molecule has 0 aliphatic carbocycles. The van der Waals surface area contributed by atoms with Crippen molar-refractivity contribution in [3.8, 4) is 0 Å². The molecule has 0 bridgehead atoms. The first-order valence-electron chi connectivity index (χ1n) is 8.74. The SMILES string of the molecule is CCCCCCCCOP(=O)(O)OCCCCCCCC.[Nd]. The van der Waals surface area contributed by atoms with Crippen molar-refractivity contribution in [2.45, 2.75) is 90.9 Å². The molecule has 0 fully saturated rings. The summed E-state index contributed by atoms with van der Waals surface area (Å²) >= 11 is 0. The van der Waals surface area contributed by atoms with E-state index in [1.165, 1.54) is 51.4 Å². The molecule has 22 heavy (non-hydrogen) atoms. The molecule has 0 aromatic rings. The molecule has 0 saturated heterocycles. The Morgan fingerprint density at radius 2 is 1.00 bits per heavy atom. The molecule has 4 nitrogen and oxygen atoms in total. The summed E-state index contributed by atoms with van der Waals surface area (Å²) in [6.07, 6.45) is 13.6. The Kier molecular flexibility index (Phi) is 22.0. The topological polar surface area (TPSA) is 55.8 Å². The predicted octanol–water partition coefficient (Wildman–Crippen LogP) is 5.84. The van der Waals surface area contributed by atoms with E-state index in [1.54, 1.807) is 0 Å². The van der Waals surface area contributed by atoms with Crippen molar-refractivity contribution in [3.05, 3.63) is 0 Å². The summed E-state index contributed by atoms with van der Waals surface area (Å²) in [5.41, 5.74) is 0. The van der Waals surface area contributed by atoms with Gasteiger partial charge in [0.25, 0.3) is 0 Å². The maximum Gasteiger partial charge on any atom is 0.472 e. The van der Waals surface area contributed by atoms with Crippen LogP contribution in [-0.2, 0) is 13.6 Å². The smallest absolute Gasteiger partial charge is 0.302 e. The van der Waals surface area contributed by atoms with Crippen LogP contribution in [0.3, 0.4) is 0 Å². The predicted molar refractivity (Wildman–Crippen MR) is 88.5 cm³/mol. The zero-order valence-corrected chi connectivity index (χ0v) is 18.6. The van der Waals surface area contributed by atoms with Crippen molar-refractivity contribution in [1.29, 1.82) is 0 Å². The third kappa shape index (κ3) is 19.5. The van der Waals surface area contributed by atoms with E-state index in [4.69, 9.17) is 9.05 Å². The van der Waals surface area contributed by atoms with Crippen LogP contribution in [0.15, 0.2) is 0 Å². The second-order valence-electron chi connectivity index (χ2n) is 5.67. The Morgan fingerprint density at radius 3 is 1.36 bits per heavy atom. The average Bonchev–Trinajstić information content (AvgIpc) is 2.45. The van der Waals surface area contributed by atoms with Gasteiger partial charge in [0.2, 0.25) is 0 Å². The monoisotopic (exact) mass is 464 g/mol. The molecule has 0 aliphatic rings. The van der Waals surface area contributed by atoms with Crippen LogP contribution in [0, 0.1) is 40.8 Å². The zero-order chi connectivity index (χ0) is 15.8. The molecule has 0 amide bonds. The minimum Gasteiger partial charge on any atom is -0.302 e. The van der Waals surface area contributed by atoms with Gasteiger partial charge in [0.15, 0.2) is 0 Å². The van der Waals surface area contributed by atoms with Crippen LogP contribution < -0.4 is 0 Å². The van der Waals surface area contributed by atoms with Crippen molar-refractivity contribution >= 4 is 7.82 Å². The van der Waals surface area contributed by atoms with E-state index in [0.717, 1.165) is 25.7 Å². The molecule has 0 spiro atoms. The number of unbranched alkanes of at least 4 members (excludes halogenated alkanes) is 10. The van der Waals surface area contributed by atoms with Gasteiger partial charge in [0, 0.05) is 40.8 Å². The Morgan fingerprint density at radius 1 is 0.682 bits per heavy atom. The van der Waals surface area contributed by atoms with E-state index in [9.17, 15) is 9.46 Å². The number of rotatable bonds is 16. The maximum atomic E-state index is 11.6. The zero-order valence-electron chi connectivity index (χ0n) is 14.5. The van der Waals surface area contributed by atoms with E-state index in [-0.39, 0.29) is 40.8 Å². The molecule has 0 heterocycles. The van der Waals surface area contributed by atoms with Gasteiger partial charge in [-0.2, -0.15) is 0 Å². The third-order valence-corrected chi connectivity index (χ3v) is 4.52. The van der Waals surface area contributed by atoms with Crippen molar-refractivity contribution in [2.24, 2.45) is 0 Å². The minimum atomic E-state index is -3.82. The number of phosphoric acid groups is 1. The molecule has 0 aromatic carbocycles.